The van der Waals surface area contributed by atoms with Crippen LogP contribution in [0.3, 0.4) is 0 Å². The molecule has 2 aliphatic rings. The summed E-state index contributed by atoms with van der Waals surface area (Å²) in [5.41, 5.74) is 6.75. The van der Waals surface area contributed by atoms with Gasteiger partial charge in [0.05, 0.1) is 6.20 Å². The monoisotopic (exact) mass is 383 g/mol. The van der Waals surface area contributed by atoms with Crippen LogP contribution in [0.4, 0.5) is 0 Å². The maximum absolute atomic E-state index is 12.5. The van der Waals surface area contributed by atoms with E-state index in [1.807, 2.05) is 22.2 Å². The van der Waals surface area contributed by atoms with Gasteiger partial charge in [-0.15, -0.1) is 12.4 Å². The van der Waals surface area contributed by atoms with Crippen LogP contribution in [0, 0.1) is 5.92 Å². The molecule has 2 aliphatic heterocycles. The van der Waals surface area contributed by atoms with Crippen molar-refractivity contribution < 1.29 is 9.59 Å². The Hall–Kier alpha value is -1.60. The van der Waals surface area contributed by atoms with Crippen LogP contribution < -0.4 is 5.73 Å². The molecule has 3 N–H and O–H groups in total. The van der Waals surface area contributed by atoms with Crippen LogP contribution >= 0.6 is 12.4 Å². The number of hydrogen-bond acceptors (Lipinski definition) is 4. The standard InChI is InChI=1S/C18H29N5O2.ClH/c19-8-2-9-23-16-7-10-22(13-15(16)5-6-18(23)25)17(24)4-1-3-14-11-20-21-12-14;/h11-12,15-16H,1-10,13,19H2,(H,20,21);1H/t15-,16+;/m0./s1. The Morgan fingerprint density at radius 3 is 2.92 bits per heavy atom. The SMILES string of the molecule is Cl.NCCCN1C(=O)CC[C@H]2CN(C(=O)CCCc3cn[nH]c3)CC[C@H]21. The van der Waals surface area contributed by atoms with Gasteiger partial charge in [0.1, 0.15) is 0 Å². The molecule has 0 aliphatic carbocycles. The number of fused-ring (bicyclic) bond motifs is 1. The summed E-state index contributed by atoms with van der Waals surface area (Å²) in [4.78, 5) is 28.8. The van der Waals surface area contributed by atoms with Crippen molar-refractivity contribution in [2.24, 2.45) is 11.7 Å². The van der Waals surface area contributed by atoms with Crippen molar-refractivity contribution in [2.45, 2.75) is 51.0 Å². The van der Waals surface area contributed by atoms with Crippen molar-refractivity contribution in [3.05, 3.63) is 18.0 Å². The summed E-state index contributed by atoms with van der Waals surface area (Å²) < 4.78 is 0. The highest BCUT2D eigenvalue weighted by atomic mass is 35.5. The fourth-order valence-corrected chi connectivity index (χ4v) is 4.15. The zero-order valence-electron chi connectivity index (χ0n) is 15.2. The van der Waals surface area contributed by atoms with E-state index < -0.39 is 0 Å². The van der Waals surface area contributed by atoms with Crippen LogP contribution in [0.15, 0.2) is 12.4 Å². The molecular weight excluding hydrogens is 354 g/mol. The lowest BCUT2D eigenvalue weighted by Crippen LogP contribution is -2.57. The topological polar surface area (TPSA) is 95.3 Å². The highest BCUT2D eigenvalue weighted by Gasteiger charge is 2.39. The average Bonchev–Trinajstić information content (AvgIpc) is 3.14. The molecule has 0 spiro atoms. The van der Waals surface area contributed by atoms with Crippen molar-refractivity contribution in [2.75, 3.05) is 26.2 Å². The first-order valence-electron chi connectivity index (χ1n) is 9.44. The number of amides is 2. The zero-order chi connectivity index (χ0) is 17.6. The molecule has 1 aromatic heterocycles. The Bertz CT molecular complexity index is 580. The van der Waals surface area contributed by atoms with Gasteiger partial charge in [0.25, 0.3) is 0 Å². The third-order valence-corrected chi connectivity index (χ3v) is 5.51. The van der Waals surface area contributed by atoms with Gasteiger partial charge < -0.3 is 15.5 Å². The van der Waals surface area contributed by atoms with E-state index in [0.717, 1.165) is 57.3 Å². The van der Waals surface area contributed by atoms with Crippen LogP contribution in [0.5, 0.6) is 0 Å². The molecule has 1 aromatic rings. The van der Waals surface area contributed by atoms with Gasteiger partial charge in [-0.1, -0.05) is 0 Å². The molecule has 146 valence electrons. The number of nitrogens with two attached hydrogens (primary N) is 1. The normalized spacial score (nSPS) is 22.7. The van der Waals surface area contributed by atoms with Crippen LogP contribution in [0.1, 0.15) is 44.1 Å². The zero-order valence-corrected chi connectivity index (χ0v) is 16.0. The number of aromatic amines is 1. The second-order valence-corrected chi connectivity index (χ2v) is 7.18. The Labute approximate surface area is 161 Å². The summed E-state index contributed by atoms with van der Waals surface area (Å²) >= 11 is 0. The average molecular weight is 384 g/mol. The van der Waals surface area contributed by atoms with Crippen molar-refractivity contribution >= 4 is 24.2 Å². The minimum absolute atomic E-state index is 0. The van der Waals surface area contributed by atoms with Crippen molar-refractivity contribution in [3.63, 3.8) is 0 Å². The molecule has 0 aromatic carbocycles. The summed E-state index contributed by atoms with van der Waals surface area (Å²) in [5.74, 6) is 0.920. The van der Waals surface area contributed by atoms with E-state index in [2.05, 4.69) is 10.2 Å². The van der Waals surface area contributed by atoms with Gasteiger partial charge in [-0.2, -0.15) is 5.10 Å². The molecule has 7 nitrogen and oxygen atoms in total. The highest BCUT2D eigenvalue weighted by molar-refractivity contribution is 5.85. The van der Waals surface area contributed by atoms with Gasteiger partial charge in [0.15, 0.2) is 0 Å². The lowest BCUT2D eigenvalue weighted by molar-refractivity contribution is -0.144. The number of likely N-dealkylation sites (tertiary alicyclic amines) is 2. The number of nitrogens with one attached hydrogen (secondary N) is 1. The van der Waals surface area contributed by atoms with Gasteiger partial charge in [0.2, 0.25) is 11.8 Å². The Morgan fingerprint density at radius 1 is 1.35 bits per heavy atom. The van der Waals surface area contributed by atoms with E-state index in [1.165, 1.54) is 0 Å². The first-order chi connectivity index (χ1) is 12.2. The van der Waals surface area contributed by atoms with Crippen molar-refractivity contribution in [1.82, 2.24) is 20.0 Å². The first-order valence-corrected chi connectivity index (χ1v) is 9.44. The second kappa shape index (κ2) is 9.92. The van der Waals surface area contributed by atoms with E-state index >= 15 is 0 Å². The number of aryl methyl sites for hydroxylation is 1. The summed E-state index contributed by atoms with van der Waals surface area (Å²) in [5, 5.41) is 6.73. The molecule has 2 saturated heterocycles. The third-order valence-electron chi connectivity index (χ3n) is 5.51. The highest BCUT2D eigenvalue weighted by Crippen LogP contribution is 2.31. The summed E-state index contributed by atoms with van der Waals surface area (Å²) in [6, 6.07) is 0.294. The molecule has 2 fully saturated rings. The predicted octanol–water partition coefficient (Wildman–Crippen LogP) is 1.34. The van der Waals surface area contributed by atoms with Crippen molar-refractivity contribution in [3.8, 4) is 0 Å². The predicted molar refractivity (Wildman–Crippen MR) is 102 cm³/mol. The number of hydrogen-bond donors (Lipinski definition) is 2. The van der Waals surface area contributed by atoms with Gasteiger partial charge in [-0.25, -0.2) is 0 Å². The van der Waals surface area contributed by atoms with Gasteiger partial charge >= 0.3 is 0 Å². The maximum atomic E-state index is 12.5. The lowest BCUT2D eigenvalue weighted by atomic mass is 9.83. The van der Waals surface area contributed by atoms with Crippen LogP contribution in [0.25, 0.3) is 0 Å². The van der Waals surface area contributed by atoms with E-state index in [-0.39, 0.29) is 24.2 Å². The Kier molecular flexibility index (Phi) is 7.90. The molecule has 0 bridgehead atoms. The largest absolute Gasteiger partial charge is 0.342 e. The molecule has 2 atom stereocenters. The minimum Gasteiger partial charge on any atom is -0.342 e. The van der Waals surface area contributed by atoms with E-state index in [0.29, 0.717) is 31.3 Å². The fourth-order valence-electron chi connectivity index (χ4n) is 4.15. The molecule has 0 radical (unpaired) electrons. The molecular formula is C18H30ClN5O2. The van der Waals surface area contributed by atoms with Crippen molar-refractivity contribution in [1.29, 1.82) is 0 Å². The Balaban J connectivity index is 0.00000243. The number of H-pyrrole nitrogens is 1. The number of piperidine rings is 2. The van der Waals surface area contributed by atoms with E-state index in [9.17, 15) is 9.59 Å². The van der Waals surface area contributed by atoms with E-state index in [4.69, 9.17) is 5.73 Å². The molecule has 2 amide bonds. The number of carbonyl (C=O) groups is 2. The molecule has 0 saturated carbocycles. The molecule has 3 rings (SSSR count). The molecule has 3 heterocycles. The van der Waals surface area contributed by atoms with E-state index in [1.54, 1.807) is 0 Å². The minimum atomic E-state index is 0. The molecule has 8 heteroatoms. The summed E-state index contributed by atoms with van der Waals surface area (Å²) in [6.45, 7) is 2.93. The van der Waals surface area contributed by atoms with Gasteiger partial charge in [-0.05, 0) is 50.1 Å². The van der Waals surface area contributed by atoms with Gasteiger partial charge in [-0.3, -0.25) is 14.7 Å². The number of halogens is 1. The van der Waals surface area contributed by atoms with Crippen LogP contribution in [0.2, 0.25) is 0 Å². The molecule has 26 heavy (non-hydrogen) atoms. The first kappa shape index (κ1) is 20.7. The number of rotatable bonds is 7. The molecule has 0 unspecified atom stereocenters. The van der Waals surface area contributed by atoms with Crippen LogP contribution in [-0.4, -0.2) is 64.0 Å². The summed E-state index contributed by atoms with van der Waals surface area (Å²) in [7, 11) is 0. The number of aromatic nitrogens is 2. The maximum Gasteiger partial charge on any atom is 0.222 e. The van der Waals surface area contributed by atoms with Crippen LogP contribution in [-0.2, 0) is 16.0 Å². The smallest absolute Gasteiger partial charge is 0.222 e. The quantitative estimate of drug-likeness (QED) is 0.742. The Morgan fingerprint density at radius 2 is 2.19 bits per heavy atom. The lowest BCUT2D eigenvalue weighted by Gasteiger charge is -2.47. The number of carbonyl (C=O) groups excluding carboxylic acids is 2. The summed E-state index contributed by atoms with van der Waals surface area (Å²) in [6.07, 6.45) is 9.26. The fraction of sp³-hybridized carbons (Fsp3) is 0.722. The van der Waals surface area contributed by atoms with Gasteiger partial charge in [0, 0.05) is 44.7 Å². The third kappa shape index (κ3) is 4.98. The second-order valence-electron chi connectivity index (χ2n) is 7.18. The number of nitrogens with zero attached hydrogens (tertiary/aromatic N) is 3.